The standard InChI is InChI=1S/C32H45N3O4/c1-2-39-32(38)24-29(17-16-26-10-5-3-6-11-26)34-30(36)25-35(23-20-27-12-7-4-8-13-27)31(37)15-9-14-28-18-21-33-22-19-28/h3-8,10-13,21,28-30,34,36H,2,9,14-20,22-25H2,1H3/t28?,29-,30?/m1/s1. The van der Waals surface area contributed by atoms with Crippen molar-refractivity contribution in [3.05, 3.63) is 71.8 Å². The number of hydrogen-bond donors (Lipinski definition) is 2. The molecule has 0 radical (unpaired) electrons. The zero-order valence-corrected chi connectivity index (χ0v) is 23.3. The lowest BCUT2D eigenvalue weighted by molar-refractivity contribution is -0.144. The van der Waals surface area contributed by atoms with Crippen molar-refractivity contribution in [2.24, 2.45) is 10.9 Å². The average molecular weight is 536 g/mol. The molecule has 2 unspecified atom stereocenters. The van der Waals surface area contributed by atoms with E-state index in [0.29, 0.717) is 31.9 Å². The average Bonchev–Trinajstić information content (AvgIpc) is 2.95. The maximum absolute atomic E-state index is 13.3. The highest BCUT2D eigenvalue weighted by Gasteiger charge is 2.22. The van der Waals surface area contributed by atoms with Gasteiger partial charge in [0.2, 0.25) is 5.91 Å². The van der Waals surface area contributed by atoms with Crippen molar-refractivity contribution in [3.8, 4) is 0 Å². The van der Waals surface area contributed by atoms with Crippen LogP contribution < -0.4 is 5.32 Å². The summed E-state index contributed by atoms with van der Waals surface area (Å²) in [5, 5.41) is 14.2. The first-order chi connectivity index (χ1) is 19.0. The number of aliphatic hydroxyl groups excluding tert-OH is 1. The van der Waals surface area contributed by atoms with Gasteiger partial charge in [0, 0.05) is 25.6 Å². The predicted octanol–water partition coefficient (Wildman–Crippen LogP) is 4.57. The second kappa shape index (κ2) is 17.5. The molecule has 7 nitrogen and oxygen atoms in total. The Kier molecular flexibility index (Phi) is 13.7. The van der Waals surface area contributed by atoms with Crippen molar-refractivity contribution < 1.29 is 19.4 Å². The maximum Gasteiger partial charge on any atom is 0.307 e. The summed E-state index contributed by atoms with van der Waals surface area (Å²) in [6.07, 6.45) is 7.81. The monoisotopic (exact) mass is 535 g/mol. The van der Waals surface area contributed by atoms with Gasteiger partial charge in [-0.2, -0.15) is 0 Å². The molecular formula is C32H45N3O4. The molecule has 1 aliphatic heterocycles. The van der Waals surface area contributed by atoms with Gasteiger partial charge in [-0.3, -0.25) is 19.9 Å². The lowest BCUT2D eigenvalue weighted by atomic mass is 9.94. The van der Waals surface area contributed by atoms with Crippen LogP contribution in [-0.2, 0) is 27.2 Å². The van der Waals surface area contributed by atoms with Gasteiger partial charge in [-0.05, 0) is 75.1 Å². The van der Waals surface area contributed by atoms with E-state index in [4.69, 9.17) is 4.74 Å². The summed E-state index contributed by atoms with van der Waals surface area (Å²) in [4.78, 5) is 31.6. The van der Waals surface area contributed by atoms with E-state index in [2.05, 4.69) is 34.6 Å². The number of esters is 1. The molecule has 1 aliphatic rings. The number of nitrogens with zero attached hydrogens (tertiary/aromatic N) is 2. The van der Waals surface area contributed by atoms with Crippen LogP contribution in [0.3, 0.4) is 0 Å². The van der Waals surface area contributed by atoms with Gasteiger partial charge in [0.05, 0.1) is 19.6 Å². The number of nitrogens with one attached hydrogen (secondary N) is 1. The van der Waals surface area contributed by atoms with E-state index in [0.717, 1.165) is 50.6 Å². The van der Waals surface area contributed by atoms with Crippen molar-refractivity contribution in [1.82, 2.24) is 10.2 Å². The van der Waals surface area contributed by atoms with Crippen LogP contribution in [0.25, 0.3) is 0 Å². The normalized spacial score (nSPS) is 16.4. The fourth-order valence-corrected chi connectivity index (χ4v) is 5.06. The fraction of sp³-hybridized carbons (Fsp3) is 0.531. The third kappa shape index (κ3) is 12.1. The topological polar surface area (TPSA) is 91.2 Å². The van der Waals surface area contributed by atoms with Crippen molar-refractivity contribution in [3.63, 3.8) is 0 Å². The molecule has 1 heterocycles. The van der Waals surface area contributed by atoms with Gasteiger partial charge in [0.1, 0.15) is 6.23 Å². The molecular weight excluding hydrogens is 490 g/mol. The van der Waals surface area contributed by atoms with Gasteiger partial charge >= 0.3 is 5.97 Å². The highest BCUT2D eigenvalue weighted by atomic mass is 16.5. The fourth-order valence-electron chi connectivity index (χ4n) is 5.06. The van der Waals surface area contributed by atoms with Gasteiger partial charge < -0.3 is 14.7 Å². The molecule has 39 heavy (non-hydrogen) atoms. The van der Waals surface area contributed by atoms with Crippen LogP contribution in [0.15, 0.2) is 65.7 Å². The van der Waals surface area contributed by atoms with Gasteiger partial charge in [-0.1, -0.05) is 60.7 Å². The zero-order valence-electron chi connectivity index (χ0n) is 23.3. The molecule has 0 bridgehead atoms. The Balaban J connectivity index is 1.58. The molecule has 7 heteroatoms. The van der Waals surface area contributed by atoms with Crippen LogP contribution in [0.2, 0.25) is 0 Å². The smallest absolute Gasteiger partial charge is 0.307 e. The van der Waals surface area contributed by atoms with Gasteiger partial charge in [0.25, 0.3) is 0 Å². The first-order valence-electron chi connectivity index (χ1n) is 14.5. The van der Waals surface area contributed by atoms with Crippen LogP contribution >= 0.6 is 0 Å². The Morgan fingerprint density at radius 3 is 2.41 bits per heavy atom. The minimum atomic E-state index is -0.950. The van der Waals surface area contributed by atoms with Gasteiger partial charge in [0.15, 0.2) is 0 Å². The minimum Gasteiger partial charge on any atom is -0.466 e. The Morgan fingerprint density at radius 2 is 1.77 bits per heavy atom. The molecule has 0 aliphatic carbocycles. The lowest BCUT2D eigenvalue weighted by Crippen LogP contribution is -2.48. The number of rotatable bonds is 17. The number of ether oxygens (including phenoxy) is 1. The van der Waals surface area contributed by atoms with E-state index in [9.17, 15) is 14.7 Å². The number of aliphatic hydroxyl groups is 1. The lowest BCUT2D eigenvalue weighted by Gasteiger charge is -2.29. The van der Waals surface area contributed by atoms with E-state index in [-0.39, 0.29) is 30.9 Å². The molecule has 2 aromatic carbocycles. The summed E-state index contributed by atoms with van der Waals surface area (Å²) >= 11 is 0. The molecule has 0 aromatic heterocycles. The van der Waals surface area contributed by atoms with E-state index in [1.807, 2.05) is 42.6 Å². The Labute approximate surface area is 233 Å². The number of carbonyl (C=O) groups is 2. The van der Waals surface area contributed by atoms with Gasteiger partial charge in [-0.15, -0.1) is 0 Å². The second-order valence-electron chi connectivity index (χ2n) is 10.4. The molecule has 3 rings (SSSR count). The Morgan fingerprint density at radius 1 is 1.08 bits per heavy atom. The van der Waals surface area contributed by atoms with Crippen LogP contribution in [0.1, 0.15) is 63.0 Å². The molecule has 0 saturated carbocycles. The van der Waals surface area contributed by atoms with Crippen LogP contribution in [0.4, 0.5) is 0 Å². The molecule has 2 N–H and O–H groups in total. The number of aryl methyl sites for hydroxylation is 1. The summed E-state index contributed by atoms with van der Waals surface area (Å²) in [5.41, 5.74) is 2.33. The van der Waals surface area contributed by atoms with Crippen molar-refractivity contribution in [1.29, 1.82) is 0 Å². The Bertz CT molecular complexity index is 999. The number of aliphatic imine (C=N–C) groups is 1. The first kappa shape index (κ1) is 30.5. The predicted molar refractivity (Wildman–Crippen MR) is 156 cm³/mol. The highest BCUT2D eigenvalue weighted by molar-refractivity contribution is 5.76. The third-order valence-electron chi connectivity index (χ3n) is 7.27. The summed E-state index contributed by atoms with van der Waals surface area (Å²) in [5.74, 6) is 0.371. The van der Waals surface area contributed by atoms with E-state index < -0.39 is 6.23 Å². The SMILES string of the molecule is CCOC(=O)C[C@@H](CCc1ccccc1)NC(O)CN(CCc1ccccc1)C(=O)CCCC1CC=NCC1. The summed E-state index contributed by atoms with van der Waals surface area (Å²) < 4.78 is 5.17. The molecule has 0 fully saturated rings. The molecule has 212 valence electrons. The van der Waals surface area contributed by atoms with Crippen molar-refractivity contribution in [2.75, 3.05) is 26.2 Å². The quantitative estimate of drug-likeness (QED) is 0.229. The number of hydrogen-bond acceptors (Lipinski definition) is 6. The van der Waals surface area contributed by atoms with Crippen LogP contribution in [0, 0.1) is 5.92 Å². The number of benzene rings is 2. The van der Waals surface area contributed by atoms with E-state index in [1.165, 1.54) is 5.56 Å². The van der Waals surface area contributed by atoms with Crippen LogP contribution in [0.5, 0.6) is 0 Å². The third-order valence-corrected chi connectivity index (χ3v) is 7.27. The van der Waals surface area contributed by atoms with Crippen LogP contribution in [-0.4, -0.2) is 66.6 Å². The largest absolute Gasteiger partial charge is 0.466 e. The highest BCUT2D eigenvalue weighted by Crippen LogP contribution is 2.19. The van der Waals surface area contributed by atoms with Crippen molar-refractivity contribution in [2.45, 2.75) is 77.0 Å². The molecule has 2 aromatic rings. The zero-order chi connectivity index (χ0) is 27.7. The molecule has 3 atom stereocenters. The second-order valence-corrected chi connectivity index (χ2v) is 10.4. The molecule has 0 spiro atoms. The molecule has 0 saturated heterocycles. The first-order valence-corrected chi connectivity index (χ1v) is 14.5. The van der Waals surface area contributed by atoms with Crippen molar-refractivity contribution >= 4 is 18.1 Å². The Hall–Kier alpha value is -3.03. The number of amides is 1. The summed E-state index contributed by atoms with van der Waals surface area (Å²) in [6.45, 7) is 3.70. The maximum atomic E-state index is 13.3. The van der Waals surface area contributed by atoms with E-state index in [1.54, 1.807) is 11.8 Å². The summed E-state index contributed by atoms with van der Waals surface area (Å²) in [7, 11) is 0. The van der Waals surface area contributed by atoms with E-state index >= 15 is 0 Å². The van der Waals surface area contributed by atoms with Gasteiger partial charge in [-0.25, -0.2) is 0 Å². The summed E-state index contributed by atoms with van der Waals surface area (Å²) in [6, 6.07) is 19.9. The molecule has 1 amide bonds. The minimum absolute atomic E-state index is 0.0579. The number of carbonyl (C=O) groups excluding carboxylic acids is 2.